The molecule has 0 aliphatic rings. The standard InChI is InChI=1S/C16H15NO3/c1-12-6-2-3-7-13(12)8-4-9-14-10-5-11-15(16(14)18)17(19)20/h2-8,10-11,18H,9H2,1H3/b8-4+. The molecule has 0 amide bonds. The molecule has 0 saturated carbocycles. The molecule has 4 heteroatoms. The van der Waals surface area contributed by atoms with E-state index in [0.29, 0.717) is 12.0 Å². The van der Waals surface area contributed by atoms with E-state index < -0.39 is 4.92 Å². The number of phenols is 1. The van der Waals surface area contributed by atoms with Gasteiger partial charge in [-0.3, -0.25) is 10.1 Å². The number of aryl methyl sites for hydroxylation is 1. The molecule has 0 atom stereocenters. The lowest BCUT2D eigenvalue weighted by Crippen LogP contribution is -1.91. The second-order valence-electron chi connectivity index (χ2n) is 4.51. The Hall–Kier alpha value is -2.62. The number of para-hydroxylation sites is 1. The van der Waals surface area contributed by atoms with Crippen LogP contribution in [0.15, 0.2) is 48.5 Å². The van der Waals surface area contributed by atoms with E-state index in [1.54, 1.807) is 12.1 Å². The Balaban J connectivity index is 2.18. The number of aromatic hydroxyl groups is 1. The summed E-state index contributed by atoms with van der Waals surface area (Å²) in [6.45, 7) is 2.02. The van der Waals surface area contributed by atoms with Gasteiger partial charge in [-0.1, -0.05) is 48.6 Å². The molecule has 0 aromatic heterocycles. The smallest absolute Gasteiger partial charge is 0.310 e. The summed E-state index contributed by atoms with van der Waals surface area (Å²) in [4.78, 5) is 10.2. The number of nitro groups is 1. The van der Waals surface area contributed by atoms with Crippen molar-refractivity contribution in [3.8, 4) is 5.75 Å². The van der Waals surface area contributed by atoms with Crippen molar-refractivity contribution in [2.75, 3.05) is 0 Å². The minimum Gasteiger partial charge on any atom is -0.502 e. The lowest BCUT2D eigenvalue weighted by Gasteiger charge is -2.02. The van der Waals surface area contributed by atoms with Crippen LogP contribution in [-0.2, 0) is 6.42 Å². The summed E-state index contributed by atoms with van der Waals surface area (Å²) in [6, 6.07) is 12.5. The molecule has 0 radical (unpaired) electrons. The van der Waals surface area contributed by atoms with Crippen LogP contribution < -0.4 is 0 Å². The fourth-order valence-corrected chi connectivity index (χ4v) is 1.98. The predicted octanol–water partition coefficient (Wildman–Crippen LogP) is 3.86. The molecule has 20 heavy (non-hydrogen) atoms. The molecule has 0 aliphatic carbocycles. The molecule has 0 bridgehead atoms. The molecule has 4 nitrogen and oxygen atoms in total. The van der Waals surface area contributed by atoms with Gasteiger partial charge < -0.3 is 5.11 Å². The Labute approximate surface area is 117 Å². The summed E-state index contributed by atoms with van der Waals surface area (Å²) in [6.07, 6.45) is 4.29. The maximum absolute atomic E-state index is 10.7. The zero-order chi connectivity index (χ0) is 14.5. The van der Waals surface area contributed by atoms with Gasteiger partial charge in [-0.15, -0.1) is 0 Å². The van der Waals surface area contributed by atoms with Gasteiger partial charge in [0, 0.05) is 11.6 Å². The van der Waals surface area contributed by atoms with Crippen LogP contribution >= 0.6 is 0 Å². The minimum atomic E-state index is -0.579. The van der Waals surface area contributed by atoms with Crippen LogP contribution in [0.4, 0.5) is 5.69 Å². The van der Waals surface area contributed by atoms with Gasteiger partial charge in [0.25, 0.3) is 0 Å². The fourth-order valence-electron chi connectivity index (χ4n) is 1.98. The Bertz CT molecular complexity index is 663. The molecule has 2 rings (SSSR count). The zero-order valence-electron chi connectivity index (χ0n) is 11.1. The Morgan fingerprint density at radius 3 is 2.65 bits per heavy atom. The third kappa shape index (κ3) is 3.03. The van der Waals surface area contributed by atoms with Crippen molar-refractivity contribution >= 4 is 11.8 Å². The molecule has 1 N–H and O–H groups in total. The third-order valence-electron chi connectivity index (χ3n) is 3.12. The van der Waals surface area contributed by atoms with Crippen molar-refractivity contribution in [3.05, 3.63) is 75.3 Å². The highest BCUT2D eigenvalue weighted by molar-refractivity contribution is 5.56. The monoisotopic (exact) mass is 269 g/mol. The summed E-state index contributed by atoms with van der Waals surface area (Å²) < 4.78 is 0. The first kappa shape index (κ1) is 13.8. The van der Waals surface area contributed by atoms with Crippen LogP contribution in [0.25, 0.3) is 6.08 Å². The molecule has 102 valence electrons. The maximum atomic E-state index is 10.7. The average molecular weight is 269 g/mol. The Morgan fingerprint density at radius 2 is 1.95 bits per heavy atom. The topological polar surface area (TPSA) is 63.4 Å². The fraction of sp³-hybridized carbons (Fsp3) is 0.125. The molecule has 0 fully saturated rings. The summed E-state index contributed by atoms with van der Waals surface area (Å²) in [5, 5.41) is 20.6. The van der Waals surface area contributed by atoms with Crippen molar-refractivity contribution in [3.63, 3.8) is 0 Å². The van der Waals surface area contributed by atoms with E-state index >= 15 is 0 Å². The summed E-state index contributed by atoms with van der Waals surface area (Å²) in [7, 11) is 0. The SMILES string of the molecule is Cc1ccccc1/C=C/Cc1cccc([N+](=O)[O-])c1O. The molecule has 0 aliphatic heterocycles. The summed E-state index contributed by atoms with van der Waals surface area (Å²) in [5.74, 6) is -0.257. The van der Waals surface area contributed by atoms with Gasteiger partial charge in [0.2, 0.25) is 0 Å². The van der Waals surface area contributed by atoms with Crippen molar-refractivity contribution in [2.24, 2.45) is 0 Å². The van der Waals surface area contributed by atoms with Crippen LogP contribution in [-0.4, -0.2) is 10.0 Å². The highest BCUT2D eigenvalue weighted by atomic mass is 16.6. The largest absolute Gasteiger partial charge is 0.502 e. The minimum absolute atomic E-state index is 0.257. The Morgan fingerprint density at radius 1 is 1.20 bits per heavy atom. The maximum Gasteiger partial charge on any atom is 0.310 e. The van der Waals surface area contributed by atoms with Gasteiger partial charge in [0.1, 0.15) is 0 Å². The van der Waals surface area contributed by atoms with Crippen LogP contribution in [0, 0.1) is 17.0 Å². The number of benzene rings is 2. The lowest BCUT2D eigenvalue weighted by molar-refractivity contribution is -0.385. The lowest BCUT2D eigenvalue weighted by atomic mass is 10.1. The number of hydrogen-bond donors (Lipinski definition) is 1. The van der Waals surface area contributed by atoms with Gasteiger partial charge in [-0.2, -0.15) is 0 Å². The molecular weight excluding hydrogens is 254 g/mol. The van der Waals surface area contributed by atoms with E-state index in [9.17, 15) is 15.2 Å². The second kappa shape index (κ2) is 6.02. The highest BCUT2D eigenvalue weighted by Gasteiger charge is 2.15. The van der Waals surface area contributed by atoms with E-state index in [1.807, 2.05) is 43.3 Å². The highest BCUT2D eigenvalue weighted by Crippen LogP contribution is 2.29. The van der Waals surface area contributed by atoms with Crippen LogP contribution in [0.1, 0.15) is 16.7 Å². The van der Waals surface area contributed by atoms with Crippen molar-refractivity contribution in [2.45, 2.75) is 13.3 Å². The van der Waals surface area contributed by atoms with Crippen LogP contribution in [0.3, 0.4) is 0 Å². The molecule has 0 spiro atoms. The van der Waals surface area contributed by atoms with Crippen molar-refractivity contribution < 1.29 is 10.0 Å². The van der Waals surface area contributed by atoms with E-state index in [0.717, 1.165) is 11.1 Å². The number of nitro benzene ring substituents is 1. The first-order valence-electron chi connectivity index (χ1n) is 6.27. The van der Waals surface area contributed by atoms with E-state index in [2.05, 4.69) is 0 Å². The number of hydrogen-bond acceptors (Lipinski definition) is 3. The van der Waals surface area contributed by atoms with Crippen LogP contribution in [0.5, 0.6) is 5.75 Å². The summed E-state index contributed by atoms with van der Waals surface area (Å²) >= 11 is 0. The molecule has 0 heterocycles. The summed E-state index contributed by atoms with van der Waals surface area (Å²) in [5.41, 5.74) is 2.54. The molecular formula is C16H15NO3. The van der Waals surface area contributed by atoms with Crippen LogP contribution in [0.2, 0.25) is 0 Å². The first-order valence-corrected chi connectivity index (χ1v) is 6.27. The second-order valence-corrected chi connectivity index (χ2v) is 4.51. The predicted molar refractivity (Wildman–Crippen MR) is 78.7 cm³/mol. The zero-order valence-corrected chi connectivity index (χ0v) is 11.1. The molecule has 2 aromatic rings. The van der Waals surface area contributed by atoms with Gasteiger partial charge >= 0.3 is 5.69 Å². The Kier molecular flexibility index (Phi) is 4.15. The van der Waals surface area contributed by atoms with Gasteiger partial charge in [-0.25, -0.2) is 0 Å². The molecule has 0 unspecified atom stereocenters. The van der Waals surface area contributed by atoms with E-state index in [1.165, 1.54) is 6.07 Å². The quantitative estimate of drug-likeness (QED) is 0.677. The third-order valence-corrected chi connectivity index (χ3v) is 3.12. The molecule has 0 saturated heterocycles. The van der Waals surface area contributed by atoms with Gasteiger partial charge in [0.05, 0.1) is 4.92 Å². The molecule has 2 aromatic carbocycles. The van der Waals surface area contributed by atoms with Gasteiger partial charge in [0.15, 0.2) is 5.75 Å². The van der Waals surface area contributed by atoms with E-state index in [-0.39, 0.29) is 11.4 Å². The van der Waals surface area contributed by atoms with Crippen molar-refractivity contribution in [1.29, 1.82) is 0 Å². The number of rotatable bonds is 4. The average Bonchev–Trinajstić information content (AvgIpc) is 2.42. The number of nitrogens with zero attached hydrogens (tertiary/aromatic N) is 1. The number of allylic oxidation sites excluding steroid dienone is 1. The normalized spacial score (nSPS) is 10.8. The van der Waals surface area contributed by atoms with E-state index in [4.69, 9.17) is 0 Å². The van der Waals surface area contributed by atoms with Gasteiger partial charge in [-0.05, 0) is 24.5 Å². The first-order chi connectivity index (χ1) is 9.59. The number of phenolic OH excluding ortho intramolecular Hbond substituents is 1. The van der Waals surface area contributed by atoms with Crippen molar-refractivity contribution in [1.82, 2.24) is 0 Å².